The molecule has 0 aromatic heterocycles. The van der Waals surface area contributed by atoms with E-state index in [1.807, 2.05) is 43.3 Å². The van der Waals surface area contributed by atoms with Gasteiger partial charge in [0.25, 0.3) is 0 Å². The van der Waals surface area contributed by atoms with Crippen molar-refractivity contribution in [1.29, 1.82) is 0 Å². The molecular weight excluding hydrogens is 460 g/mol. The third-order valence-electron chi connectivity index (χ3n) is 3.22. The van der Waals surface area contributed by atoms with Crippen LogP contribution >= 0.6 is 24.0 Å². The van der Waals surface area contributed by atoms with E-state index in [1.165, 1.54) is 24.3 Å². The van der Waals surface area contributed by atoms with E-state index in [-0.39, 0.29) is 35.7 Å². The van der Waals surface area contributed by atoms with Crippen LogP contribution < -0.4 is 20.7 Å². The standard InChI is InChI=1S/C17H19F3N4O.HI/c1-24(2)14-5-3-4-12(10-14)11-22-16(21)23-13-6-8-15(9-7-13)25-17(18,19)20;/h3-10H,11H2,1-2H3,(H3,21,22,23);1H. The summed E-state index contributed by atoms with van der Waals surface area (Å²) < 4.78 is 40.1. The van der Waals surface area contributed by atoms with E-state index in [9.17, 15) is 13.2 Å². The zero-order chi connectivity index (χ0) is 18.4. The Kier molecular flexibility index (Phi) is 8.00. The smallest absolute Gasteiger partial charge is 0.406 e. The molecule has 0 unspecified atom stereocenters. The summed E-state index contributed by atoms with van der Waals surface area (Å²) in [5, 5.41) is 2.82. The average molecular weight is 480 g/mol. The number of ether oxygens (including phenoxy) is 1. The van der Waals surface area contributed by atoms with Gasteiger partial charge in [-0.3, -0.25) is 0 Å². The number of nitrogens with zero attached hydrogens (tertiary/aromatic N) is 2. The first kappa shape index (κ1) is 21.9. The average Bonchev–Trinajstić information content (AvgIpc) is 2.54. The Bertz CT molecular complexity index is 734. The molecule has 0 fully saturated rings. The van der Waals surface area contributed by atoms with E-state index in [0.29, 0.717) is 12.2 Å². The third-order valence-corrected chi connectivity index (χ3v) is 3.22. The van der Waals surface area contributed by atoms with Gasteiger partial charge in [0.1, 0.15) is 5.75 Å². The fourth-order valence-corrected chi connectivity index (χ4v) is 2.04. The van der Waals surface area contributed by atoms with Crippen molar-refractivity contribution >= 4 is 41.3 Å². The summed E-state index contributed by atoms with van der Waals surface area (Å²) in [6.45, 7) is 0.385. The maximum Gasteiger partial charge on any atom is 0.573 e. The van der Waals surface area contributed by atoms with Crippen molar-refractivity contribution in [1.82, 2.24) is 0 Å². The van der Waals surface area contributed by atoms with Gasteiger partial charge >= 0.3 is 6.36 Å². The van der Waals surface area contributed by atoms with Crippen molar-refractivity contribution in [3.05, 3.63) is 54.1 Å². The molecule has 0 aliphatic heterocycles. The Morgan fingerprint density at radius 1 is 1.15 bits per heavy atom. The lowest BCUT2D eigenvalue weighted by molar-refractivity contribution is -0.274. The fourth-order valence-electron chi connectivity index (χ4n) is 2.04. The van der Waals surface area contributed by atoms with Crippen LogP contribution in [-0.4, -0.2) is 26.4 Å². The van der Waals surface area contributed by atoms with Crippen LogP contribution in [0.15, 0.2) is 53.5 Å². The van der Waals surface area contributed by atoms with Crippen LogP contribution in [0.2, 0.25) is 0 Å². The van der Waals surface area contributed by atoms with Gasteiger partial charge in [-0.1, -0.05) is 12.1 Å². The lowest BCUT2D eigenvalue weighted by Gasteiger charge is -2.13. The molecule has 0 heterocycles. The lowest BCUT2D eigenvalue weighted by atomic mass is 10.2. The van der Waals surface area contributed by atoms with E-state index < -0.39 is 6.36 Å². The van der Waals surface area contributed by atoms with E-state index in [1.54, 1.807) is 0 Å². The molecule has 0 saturated carbocycles. The van der Waals surface area contributed by atoms with Gasteiger partial charge in [0.2, 0.25) is 0 Å². The summed E-state index contributed by atoms with van der Waals surface area (Å²) in [4.78, 5) is 6.21. The maximum atomic E-state index is 12.1. The van der Waals surface area contributed by atoms with Crippen molar-refractivity contribution < 1.29 is 17.9 Å². The molecule has 0 aliphatic rings. The highest BCUT2D eigenvalue weighted by atomic mass is 127. The Hall–Kier alpha value is -2.17. The number of rotatable bonds is 5. The molecule has 0 bridgehead atoms. The van der Waals surface area contributed by atoms with Crippen molar-refractivity contribution in [2.45, 2.75) is 12.9 Å². The van der Waals surface area contributed by atoms with E-state index >= 15 is 0 Å². The number of anilines is 2. The molecule has 0 saturated heterocycles. The molecule has 9 heteroatoms. The highest BCUT2D eigenvalue weighted by Gasteiger charge is 2.30. The number of nitrogens with two attached hydrogens (primary N) is 1. The van der Waals surface area contributed by atoms with Crippen LogP contribution in [0, 0.1) is 0 Å². The molecule has 0 atom stereocenters. The van der Waals surface area contributed by atoms with Crippen molar-refractivity contribution in [3.8, 4) is 5.75 Å². The van der Waals surface area contributed by atoms with Gasteiger partial charge in [0.05, 0.1) is 6.54 Å². The minimum atomic E-state index is -4.71. The molecule has 2 aromatic carbocycles. The zero-order valence-corrected chi connectivity index (χ0v) is 16.6. The predicted molar refractivity (Wildman–Crippen MR) is 108 cm³/mol. The second-order valence-corrected chi connectivity index (χ2v) is 5.46. The van der Waals surface area contributed by atoms with E-state index in [0.717, 1.165) is 11.3 Å². The van der Waals surface area contributed by atoms with Crippen molar-refractivity contribution in [3.63, 3.8) is 0 Å². The highest BCUT2D eigenvalue weighted by molar-refractivity contribution is 14.0. The van der Waals surface area contributed by atoms with Gasteiger partial charge in [-0.25, -0.2) is 4.99 Å². The minimum absolute atomic E-state index is 0. The Balaban J connectivity index is 0.00000338. The molecule has 0 spiro atoms. The van der Waals surface area contributed by atoms with Gasteiger partial charge in [0.15, 0.2) is 5.96 Å². The molecule has 3 N–H and O–H groups in total. The molecule has 26 heavy (non-hydrogen) atoms. The summed E-state index contributed by atoms with van der Waals surface area (Å²) in [5.41, 5.74) is 8.37. The first-order valence-corrected chi connectivity index (χ1v) is 7.42. The number of nitrogens with one attached hydrogen (secondary N) is 1. The zero-order valence-electron chi connectivity index (χ0n) is 14.2. The number of aliphatic imine (C=N–C) groups is 1. The van der Waals surface area contributed by atoms with Gasteiger partial charge in [-0.05, 0) is 42.0 Å². The number of alkyl halides is 3. The number of halogens is 4. The monoisotopic (exact) mass is 480 g/mol. The predicted octanol–water partition coefficient (Wildman–Crippen LogP) is 4.20. The van der Waals surface area contributed by atoms with Gasteiger partial charge in [-0.2, -0.15) is 0 Å². The molecular formula is C17H20F3IN4O. The summed E-state index contributed by atoms with van der Waals surface area (Å²) >= 11 is 0. The molecule has 2 aromatic rings. The molecule has 142 valence electrons. The Morgan fingerprint density at radius 3 is 2.38 bits per heavy atom. The molecule has 0 amide bonds. The van der Waals surface area contributed by atoms with Crippen molar-refractivity contribution in [2.24, 2.45) is 10.7 Å². The summed E-state index contributed by atoms with van der Waals surface area (Å²) in [6, 6.07) is 13.1. The minimum Gasteiger partial charge on any atom is -0.406 e. The number of hydrogen-bond acceptors (Lipinski definition) is 3. The molecule has 2 rings (SSSR count). The van der Waals surface area contributed by atoms with Gasteiger partial charge in [0, 0.05) is 25.5 Å². The van der Waals surface area contributed by atoms with Gasteiger partial charge in [-0.15, -0.1) is 37.1 Å². The van der Waals surface area contributed by atoms with Crippen LogP contribution in [0.4, 0.5) is 24.5 Å². The molecule has 5 nitrogen and oxygen atoms in total. The van der Waals surface area contributed by atoms with Crippen LogP contribution in [0.25, 0.3) is 0 Å². The lowest BCUT2D eigenvalue weighted by Crippen LogP contribution is -2.22. The number of guanidine groups is 1. The van der Waals surface area contributed by atoms with Crippen LogP contribution in [0.3, 0.4) is 0 Å². The Morgan fingerprint density at radius 2 is 1.81 bits per heavy atom. The van der Waals surface area contributed by atoms with Crippen LogP contribution in [-0.2, 0) is 6.54 Å². The van der Waals surface area contributed by atoms with E-state index in [2.05, 4.69) is 15.0 Å². The maximum absolute atomic E-state index is 12.1. The SMILES string of the molecule is CN(C)c1cccc(CN=C(N)Nc2ccc(OC(F)(F)F)cc2)c1.I. The molecule has 0 aliphatic carbocycles. The first-order chi connectivity index (χ1) is 11.7. The first-order valence-electron chi connectivity index (χ1n) is 7.42. The Labute approximate surface area is 167 Å². The highest BCUT2D eigenvalue weighted by Crippen LogP contribution is 2.23. The van der Waals surface area contributed by atoms with Crippen LogP contribution in [0.1, 0.15) is 5.56 Å². The second-order valence-electron chi connectivity index (χ2n) is 5.46. The van der Waals surface area contributed by atoms with Gasteiger partial charge < -0.3 is 20.7 Å². The molecule has 0 radical (unpaired) electrons. The summed E-state index contributed by atoms with van der Waals surface area (Å²) in [6.07, 6.45) is -4.71. The summed E-state index contributed by atoms with van der Waals surface area (Å²) in [7, 11) is 3.90. The quantitative estimate of drug-likeness (QED) is 0.383. The van der Waals surface area contributed by atoms with E-state index in [4.69, 9.17) is 5.73 Å². The largest absolute Gasteiger partial charge is 0.573 e. The third kappa shape index (κ3) is 7.38. The van der Waals surface area contributed by atoms with Crippen molar-refractivity contribution in [2.75, 3.05) is 24.3 Å². The summed E-state index contributed by atoms with van der Waals surface area (Å²) in [5.74, 6) is -0.131. The number of hydrogen-bond donors (Lipinski definition) is 2. The second kappa shape index (κ2) is 9.51. The van der Waals surface area contributed by atoms with Crippen LogP contribution in [0.5, 0.6) is 5.75 Å². The fraction of sp³-hybridized carbons (Fsp3) is 0.235. The topological polar surface area (TPSA) is 62.9 Å². The number of benzene rings is 2. The normalized spacial score (nSPS) is 11.5.